The predicted molar refractivity (Wildman–Crippen MR) is 24.6 cm³/mol. The summed E-state index contributed by atoms with van der Waals surface area (Å²) < 4.78 is 5.06. The Kier molecular flexibility index (Phi) is 10.1. The molecule has 1 rings (SSSR count). The summed E-state index contributed by atoms with van der Waals surface area (Å²) in [6, 6.07) is 0. The minimum atomic E-state index is -2.29. The Hall–Kier alpha value is 0.995. The Balaban J connectivity index is 0. The molecule has 0 amide bonds. The molecule has 0 aromatic carbocycles. The van der Waals surface area contributed by atoms with Crippen molar-refractivity contribution in [3.05, 3.63) is 18.7 Å². The number of rotatable bonds is 2. The Morgan fingerprint density at radius 3 is 2.36 bits per heavy atom. The molecule has 0 aliphatic rings. The zero-order chi connectivity index (χ0) is 6.69. The van der Waals surface area contributed by atoms with E-state index in [0.717, 1.165) is 4.73 Å². The fourth-order valence-corrected chi connectivity index (χ4v) is 0.409. The molecule has 1 aromatic heterocycles. The Morgan fingerprint density at radius 1 is 1.36 bits per heavy atom. The van der Waals surface area contributed by atoms with E-state index < -0.39 is 7.32 Å². The van der Waals surface area contributed by atoms with Crippen molar-refractivity contribution in [3.63, 3.8) is 0 Å². The van der Waals surface area contributed by atoms with Crippen molar-refractivity contribution in [2.75, 3.05) is 0 Å². The molecule has 0 N–H and O–H groups in total. The number of imidazole rings is 1. The molecule has 11 heavy (non-hydrogen) atoms. The molecule has 0 saturated heterocycles. The molecular formula is C3H3BN2Na2O3. The van der Waals surface area contributed by atoms with Crippen molar-refractivity contribution in [2.24, 2.45) is 0 Å². The smallest absolute Gasteiger partial charge is 0.858 e. The van der Waals surface area contributed by atoms with E-state index in [4.69, 9.17) is 0 Å². The van der Waals surface area contributed by atoms with E-state index in [1.54, 1.807) is 0 Å². The fourth-order valence-electron chi connectivity index (χ4n) is 0.409. The number of hydrogen-bond acceptors (Lipinski definition) is 4. The first-order valence-electron chi connectivity index (χ1n) is 2.26. The molecule has 8 heteroatoms. The predicted octanol–water partition coefficient (Wildman–Crippen LogP) is -8.97. The molecule has 0 radical (unpaired) electrons. The SMILES string of the molecule is [Na+].[Na+].[O-]B([O-])On1ccnc1. The van der Waals surface area contributed by atoms with Crippen molar-refractivity contribution in [2.45, 2.75) is 0 Å². The van der Waals surface area contributed by atoms with Crippen LogP contribution in [0.2, 0.25) is 0 Å². The maximum Gasteiger partial charge on any atom is 1.00 e. The zero-order valence-corrected chi connectivity index (χ0v) is 10.4. The van der Waals surface area contributed by atoms with Gasteiger partial charge in [0.05, 0.1) is 6.20 Å². The summed E-state index contributed by atoms with van der Waals surface area (Å²) in [7, 11) is -2.29. The van der Waals surface area contributed by atoms with Gasteiger partial charge in [-0.25, -0.2) is 9.71 Å². The van der Waals surface area contributed by atoms with Crippen LogP contribution in [-0.4, -0.2) is 17.0 Å². The third kappa shape index (κ3) is 6.18. The maximum atomic E-state index is 9.77. The quantitative estimate of drug-likeness (QED) is 0.415. The van der Waals surface area contributed by atoms with Gasteiger partial charge in [0.2, 0.25) is 0 Å². The molecule has 0 saturated carbocycles. The number of nitrogens with zero attached hydrogens (tertiary/aromatic N) is 2. The molecular weight excluding hydrogens is 169 g/mol. The molecule has 0 spiro atoms. The second-order valence-corrected chi connectivity index (χ2v) is 1.32. The van der Waals surface area contributed by atoms with Crippen LogP contribution in [0.4, 0.5) is 0 Å². The van der Waals surface area contributed by atoms with Crippen LogP contribution in [0.15, 0.2) is 18.7 Å². The molecule has 0 unspecified atom stereocenters. The minimum absolute atomic E-state index is 0. The van der Waals surface area contributed by atoms with Gasteiger partial charge in [-0.15, -0.1) is 0 Å². The monoisotopic (exact) mass is 172 g/mol. The fraction of sp³-hybridized carbons (Fsp3) is 0. The Labute approximate surface area is 108 Å². The zero-order valence-electron chi connectivity index (χ0n) is 6.43. The van der Waals surface area contributed by atoms with Crippen LogP contribution in [0.25, 0.3) is 0 Å². The van der Waals surface area contributed by atoms with E-state index in [-0.39, 0.29) is 59.1 Å². The summed E-state index contributed by atoms with van der Waals surface area (Å²) in [5.41, 5.74) is 0. The van der Waals surface area contributed by atoms with Gasteiger partial charge in [-0.3, -0.25) is 0 Å². The minimum Gasteiger partial charge on any atom is -0.858 e. The average Bonchev–Trinajstić information content (AvgIpc) is 2.15. The van der Waals surface area contributed by atoms with Crippen LogP contribution >= 0.6 is 0 Å². The van der Waals surface area contributed by atoms with Crippen molar-refractivity contribution >= 4 is 7.32 Å². The van der Waals surface area contributed by atoms with Gasteiger partial charge in [0.25, 0.3) is 0 Å². The third-order valence-corrected chi connectivity index (χ3v) is 0.688. The van der Waals surface area contributed by atoms with Crippen molar-refractivity contribution in [1.29, 1.82) is 0 Å². The molecule has 1 heterocycles. The van der Waals surface area contributed by atoms with Crippen molar-refractivity contribution < 1.29 is 73.9 Å². The Bertz CT molecular complexity index is 171. The van der Waals surface area contributed by atoms with E-state index in [1.807, 2.05) is 0 Å². The van der Waals surface area contributed by atoms with Gasteiger partial charge in [0.1, 0.15) is 6.33 Å². The molecule has 48 valence electrons. The van der Waals surface area contributed by atoms with E-state index in [0.29, 0.717) is 0 Å². The van der Waals surface area contributed by atoms with Gasteiger partial charge in [-0.1, -0.05) is 0 Å². The number of aromatic nitrogens is 2. The van der Waals surface area contributed by atoms with E-state index in [2.05, 4.69) is 9.74 Å². The summed E-state index contributed by atoms with van der Waals surface area (Å²) in [5, 5.41) is 19.5. The maximum absolute atomic E-state index is 9.77. The topological polar surface area (TPSA) is 73.2 Å². The van der Waals surface area contributed by atoms with Gasteiger partial charge in [0, 0.05) is 6.20 Å². The molecule has 5 nitrogen and oxygen atoms in total. The first kappa shape index (κ1) is 14.5. The molecule has 0 bridgehead atoms. The second kappa shape index (κ2) is 7.63. The van der Waals surface area contributed by atoms with Crippen molar-refractivity contribution in [1.82, 2.24) is 9.71 Å². The number of hydrogen-bond donors (Lipinski definition) is 0. The molecule has 0 aliphatic carbocycles. The van der Waals surface area contributed by atoms with Gasteiger partial charge in [-0.2, -0.15) is 0 Å². The summed E-state index contributed by atoms with van der Waals surface area (Å²) in [5.74, 6) is 0. The van der Waals surface area contributed by atoms with Crippen molar-refractivity contribution in [3.8, 4) is 0 Å². The second-order valence-electron chi connectivity index (χ2n) is 1.32. The van der Waals surface area contributed by atoms with E-state index in [1.165, 1.54) is 18.7 Å². The molecule has 0 fully saturated rings. The standard InChI is InChI=1S/C3H3BN2O3.2Na/c7-4(8)9-6-2-1-5-3-6;;/h1-3H;;/q-2;2*+1. The Morgan fingerprint density at radius 2 is 2.00 bits per heavy atom. The normalized spacial score (nSPS) is 7.45. The van der Waals surface area contributed by atoms with Gasteiger partial charge >= 0.3 is 59.1 Å². The molecule has 1 aromatic rings. The summed E-state index contributed by atoms with van der Waals surface area (Å²) in [6.45, 7) is 0. The average molecular weight is 172 g/mol. The van der Waals surface area contributed by atoms with Crippen LogP contribution in [0.1, 0.15) is 0 Å². The van der Waals surface area contributed by atoms with E-state index in [9.17, 15) is 10.0 Å². The van der Waals surface area contributed by atoms with Gasteiger partial charge in [0.15, 0.2) is 7.32 Å². The van der Waals surface area contributed by atoms with Crippen LogP contribution in [-0.2, 0) is 0 Å². The largest absolute Gasteiger partial charge is 1.00 e. The van der Waals surface area contributed by atoms with Crippen LogP contribution in [0.5, 0.6) is 0 Å². The van der Waals surface area contributed by atoms with Crippen LogP contribution < -0.4 is 73.9 Å². The molecule has 0 aliphatic heterocycles. The first-order valence-corrected chi connectivity index (χ1v) is 2.26. The first-order chi connectivity index (χ1) is 4.29. The van der Waals surface area contributed by atoms with E-state index >= 15 is 0 Å². The van der Waals surface area contributed by atoms with Gasteiger partial charge < -0.3 is 14.8 Å². The van der Waals surface area contributed by atoms with Gasteiger partial charge in [-0.05, 0) is 0 Å². The van der Waals surface area contributed by atoms with Crippen LogP contribution in [0, 0.1) is 0 Å². The summed E-state index contributed by atoms with van der Waals surface area (Å²) in [4.78, 5) is 3.54. The summed E-state index contributed by atoms with van der Waals surface area (Å²) in [6.07, 6.45) is 3.99. The third-order valence-electron chi connectivity index (χ3n) is 0.688. The molecule has 0 atom stereocenters. The van der Waals surface area contributed by atoms with Crippen LogP contribution in [0.3, 0.4) is 0 Å². The summed E-state index contributed by atoms with van der Waals surface area (Å²) >= 11 is 0.